The highest BCUT2D eigenvalue weighted by molar-refractivity contribution is 6.11. The van der Waals surface area contributed by atoms with Crippen molar-refractivity contribution in [2.24, 2.45) is 0 Å². The van der Waals surface area contributed by atoms with E-state index in [1.165, 1.54) is 32.7 Å². The molecule has 0 saturated heterocycles. The molecule has 0 unspecified atom stereocenters. The fourth-order valence-corrected chi connectivity index (χ4v) is 4.85. The maximum atomic E-state index is 9.64. The largest absolute Gasteiger partial charge is 0.467 e. The van der Waals surface area contributed by atoms with Crippen LogP contribution in [0.2, 0.25) is 0 Å². The number of hydrogen-bond acceptors (Lipinski definition) is 2. The van der Waals surface area contributed by atoms with Gasteiger partial charge in [0.05, 0.1) is 0 Å². The Balaban J connectivity index is 1.75. The first kappa shape index (κ1) is 19.5. The summed E-state index contributed by atoms with van der Waals surface area (Å²) < 4.78 is 5.75. The Labute approximate surface area is 192 Å². The van der Waals surface area contributed by atoms with Gasteiger partial charge in [0.2, 0.25) is 0 Å². The summed E-state index contributed by atoms with van der Waals surface area (Å²) in [6, 6.07) is 40.2. The third kappa shape index (κ3) is 3.32. The number of rotatable bonds is 4. The molecule has 6 aromatic rings. The summed E-state index contributed by atoms with van der Waals surface area (Å²) in [6.07, 6.45) is 0. The molecular formula is C31H22O2. The smallest absolute Gasteiger partial charge is 0.186 e. The van der Waals surface area contributed by atoms with Gasteiger partial charge in [0.15, 0.2) is 6.79 Å². The number of aliphatic hydroxyl groups is 1. The second kappa shape index (κ2) is 8.09. The first-order valence-corrected chi connectivity index (χ1v) is 11.1. The molecular weight excluding hydrogens is 404 g/mol. The van der Waals surface area contributed by atoms with Gasteiger partial charge in [-0.15, -0.1) is 0 Å². The topological polar surface area (TPSA) is 29.5 Å². The Morgan fingerprint density at radius 3 is 1.85 bits per heavy atom. The lowest BCUT2D eigenvalue weighted by molar-refractivity contribution is 0.0992. The van der Waals surface area contributed by atoms with Crippen molar-refractivity contribution in [3.05, 3.63) is 115 Å². The monoisotopic (exact) mass is 426 g/mol. The third-order valence-corrected chi connectivity index (χ3v) is 6.35. The zero-order chi connectivity index (χ0) is 22.2. The van der Waals surface area contributed by atoms with E-state index in [0.29, 0.717) is 5.75 Å². The van der Waals surface area contributed by atoms with E-state index in [2.05, 4.69) is 97.1 Å². The van der Waals surface area contributed by atoms with Crippen LogP contribution < -0.4 is 4.74 Å². The van der Waals surface area contributed by atoms with Gasteiger partial charge < -0.3 is 9.84 Å². The van der Waals surface area contributed by atoms with Gasteiger partial charge in [-0.25, -0.2) is 0 Å². The third-order valence-electron chi connectivity index (χ3n) is 6.35. The highest BCUT2D eigenvalue weighted by atomic mass is 16.6. The number of fused-ring (bicyclic) bond motifs is 3. The SMILES string of the molecule is OCOc1cc2ccccc2cc1-c1ccc2ccccc2c1-c1cccc2ccccc12. The summed E-state index contributed by atoms with van der Waals surface area (Å²) in [7, 11) is 0. The second-order valence-electron chi connectivity index (χ2n) is 8.20. The highest BCUT2D eigenvalue weighted by Crippen LogP contribution is 2.44. The van der Waals surface area contributed by atoms with E-state index in [4.69, 9.17) is 4.74 Å². The zero-order valence-corrected chi connectivity index (χ0v) is 18.0. The lowest BCUT2D eigenvalue weighted by Crippen LogP contribution is -1.98. The quantitative estimate of drug-likeness (QED) is 0.291. The Hall–Kier alpha value is -4.14. The number of aliphatic hydroxyl groups excluding tert-OH is 1. The lowest BCUT2D eigenvalue weighted by atomic mass is 9.86. The minimum Gasteiger partial charge on any atom is -0.467 e. The highest BCUT2D eigenvalue weighted by Gasteiger charge is 2.18. The molecule has 0 aliphatic rings. The van der Waals surface area contributed by atoms with Crippen LogP contribution in [0.3, 0.4) is 0 Å². The van der Waals surface area contributed by atoms with Crippen LogP contribution in [0.25, 0.3) is 54.6 Å². The van der Waals surface area contributed by atoms with E-state index in [1.807, 2.05) is 18.2 Å². The molecule has 0 heterocycles. The van der Waals surface area contributed by atoms with Crippen molar-refractivity contribution in [2.45, 2.75) is 0 Å². The van der Waals surface area contributed by atoms with Crippen LogP contribution in [0.1, 0.15) is 0 Å². The van der Waals surface area contributed by atoms with E-state index in [9.17, 15) is 5.11 Å². The van der Waals surface area contributed by atoms with Crippen LogP contribution >= 0.6 is 0 Å². The zero-order valence-electron chi connectivity index (χ0n) is 18.0. The van der Waals surface area contributed by atoms with Crippen molar-refractivity contribution in [3.8, 4) is 28.0 Å². The Kier molecular flexibility index (Phi) is 4.79. The van der Waals surface area contributed by atoms with Crippen molar-refractivity contribution < 1.29 is 9.84 Å². The number of hydrogen-bond donors (Lipinski definition) is 1. The average molecular weight is 427 g/mol. The molecule has 0 aromatic heterocycles. The lowest BCUT2D eigenvalue weighted by Gasteiger charge is -2.19. The minimum absolute atomic E-state index is 0.372. The molecule has 0 radical (unpaired) electrons. The molecule has 0 fully saturated rings. The fraction of sp³-hybridized carbons (Fsp3) is 0.0323. The predicted octanol–water partition coefficient (Wildman–Crippen LogP) is 7.81. The van der Waals surface area contributed by atoms with Gasteiger partial charge in [-0.3, -0.25) is 0 Å². The fourth-order valence-electron chi connectivity index (χ4n) is 4.85. The van der Waals surface area contributed by atoms with Crippen molar-refractivity contribution in [1.82, 2.24) is 0 Å². The molecule has 0 spiro atoms. The molecule has 0 atom stereocenters. The molecule has 6 rings (SSSR count). The number of benzene rings is 6. The van der Waals surface area contributed by atoms with E-state index in [0.717, 1.165) is 21.9 Å². The standard InChI is InChI=1S/C31H22O2/c32-20-33-30-19-24-11-2-1-10-23(24)18-29(30)28-17-16-22-9-4-6-14-26(22)31(28)27-15-7-12-21-8-3-5-13-25(21)27/h1-19,32H,20H2. The van der Waals surface area contributed by atoms with Gasteiger partial charge in [0.1, 0.15) is 5.75 Å². The molecule has 2 nitrogen and oxygen atoms in total. The molecule has 6 aromatic carbocycles. The normalized spacial score (nSPS) is 11.3. The van der Waals surface area contributed by atoms with Gasteiger partial charge >= 0.3 is 0 Å². The molecule has 0 amide bonds. The van der Waals surface area contributed by atoms with E-state index >= 15 is 0 Å². The van der Waals surface area contributed by atoms with Gasteiger partial charge in [-0.2, -0.15) is 0 Å². The van der Waals surface area contributed by atoms with E-state index in [1.54, 1.807) is 0 Å². The molecule has 1 N–H and O–H groups in total. The van der Waals surface area contributed by atoms with E-state index in [-0.39, 0.29) is 6.79 Å². The summed E-state index contributed by atoms with van der Waals surface area (Å²) in [5, 5.41) is 16.7. The Bertz CT molecular complexity index is 1630. The van der Waals surface area contributed by atoms with Crippen LogP contribution in [0.15, 0.2) is 115 Å². The molecule has 33 heavy (non-hydrogen) atoms. The van der Waals surface area contributed by atoms with Crippen LogP contribution in [-0.4, -0.2) is 11.9 Å². The summed E-state index contributed by atoms with van der Waals surface area (Å²) >= 11 is 0. The molecule has 0 aliphatic heterocycles. The molecule has 0 bridgehead atoms. The van der Waals surface area contributed by atoms with Crippen molar-refractivity contribution in [3.63, 3.8) is 0 Å². The van der Waals surface area contributed by atoms with Crippen molar-refractivity contribution in [1.29, 1.82) is 0 Å². The summed E-state index contributed by atoms with van der Waals surface area (Å²) in [4.78, 5) is 0. The summed E-state index contributed by atoms with van der Waals surface area (Å²) in [6.45, 7) is -0.372. The Morgan fingerprint density at radius 1 is 0.485 bits per heavy atom. The van der Waals surface area contributed by atoms with Crippen molar-refractivity contribution >= 4 is 32.3 Å². The van der Waals surface area contributed by atoms with Crippen LogP contribution in [0, 0.1) is 0 Å². The molecule has 0 aliphatic carbocycles. The minimum atomic E-state index is -0.372. The maximum Gasteiger partial charge on any atom is 0.186 e. The predicted molar refractivity (Wildman–Crippen MR) is 138 cm³/mol. The number of ether oxygens (including phenoxy) is 1. The summed E-state index contributed by atoms with van der Waals surface area (Å²) in [5.41, 5.74) is 4.40. The Morgan fingerprint density at radius 2 is 1.09 bits per heavy atom. The van der Waals surface area contributed by atoms with Gasteiger partial charge in [0.25, 0.3) is 0 Å². The van der Waals surface area contributed by atoms with Crippen molar-refractivity contribution in [2.75, 3.05) is 6.79 Å². The van der Waals surface area contributed by atoms with Gasteiger partial charge in [-0.1, -0.05) is 103 Å². The van der Waals surface area contributed by atoms with Gasteiger partial charge in [-0.05, 0) is 61.1 Å². The average Bonchev–Trinajstić information content (AvgIpc) is 2.87. The first-order chi connectivity index (χ1) is 16.3. The summed E-state index contributed by atoms with van der Waals surface area (Å²) in [5.74, 6) is 0.674. The van der Waals surface area contributed by atoms with E-state index < -0.39 is 0 Å². The van der Waals surface area contributed by atoms with Gasteiger partial charge in [0, 0.05) is 5.56 Å². The molecule has 2 heteroatoms. The first-order valence-electron chi connectivity index (χ1n) is 11.1. The van der Waals surface area contributed by atoms with Crippen LogP contribution in [0.5, 0.6) is 5.75 Å². The second-order valence-corrected chi connectivity index (χ2v) is 8.20. The maximum absolute atomic E-state index is 9.64. The van der Waals surface area contributed by atoms with Crippen LogP contribution in [-0.2, 0) is 0 Å². The molecule has 158 valence electrons. The molecule has 0 saturated carbocycles. The van der Waals surface area contributed by atoms with Crippen LogP contribution in [0.4, 0.5) is 0 Å².